The van der Waals surface area contributed by atoms with Crippen LogP contribution in [0.4, 0.5) is 0 Å². The van der Waals surface area contributed by atoms with Gasteiger partial charge in [0.05, 0.1) is 5.69 Å². The van der Waals surface area contributed by atoms with Crippen LogP contribution in [0.2, 0.25) is 0 Å². The third-order valence-electron chi connectivity index (χ3n) is 1.94. The van der Waals surface area contributed by atoms with Crippen LogP contribution in [0.15, 0.2) is 29.6 Å². The minimum atomic E-state index is -0.00120. The lowest BCUT2D eigenvalue weighted by Crippen LogP contribution is -2.18. The minimum absolute atomic E-state index is 0.00120. The van der Waals surface area contributed by atoms with Crippen LogP contribution in [0.1, 0.15) is 32.0 Å². The van der Waals surface area contributed by atoms with Crippen molar-refractivity contribution in [3.63, 3.8) is 0 Å². The molecule has 0 N–H and O–H groups in total. The highest BCUT2D eigenvalue weighted by molar-refractivity contribution is 5.61. The number of allylic oxidation sites excluding steroid dienone is 1. The number of aromatic nitrogens is 1. The van der Waals surface area contributed by atoms with Gasteiger partial charge < -0.3 is 4.57 Å². The molecule has 0 saturated heterocycles. The molecule has 0 bridgehead atoms. The summed E-state index contributed by atoms with van der Waals surface area (Å²) in [5.41, 5.74) is 1.86. The van der Waals surface area contributed by atoms with Gasteiger partial charge in [-0.3, -0.25) is 4.79 Å². The molecule has 0 aliphatic rings. The summed E-state index contributed by atoms with van der Waals surface area (Å²) in [6.07, 6.45) is 5.55. The van der Waals surface area contributed by atoms with E-state index in [1.54, 1.807) is 29.8 Å². The van der Waals surface area contributed by atoms with Crippen molar-refractivity contribution in [1.82, 2.24) is 4.57 Å². The molecule has 0 aliphatic heterocycles. The molecule has 0 aliphatic carbocycles. The maximum atomic E-state index is 11.3. The monoisotopic (exact) mass is 205 g/mol. The number of pyridine rings is 1. The standard InChI is InChI=1S/C11H13NO.C2H6/c1-4-6-10-9(5-2)7-8-11(13)12(10)3;1-2/h4-8H,2H2,1,3H3;1-2H3/b6-4-;. The molecule has 1 aromatic rings. The second-order valence-electron chi connectivity index (χ2n) is 2.78. The van der Waals surface area contributed by atoms with Gasteiger partial charge in [0.2, 0.25) is 0 Å². The summed E-state index contributed by atoms with van der Waals surface area (Å²) in [5, 5.41) is 0. The van der Waals surface area contributed by atoms with Crippen LogP contribution in [-0.2, 0) is 7.05 Å². The van der Waals surface area contributed by atoms with Crippen molar-refractivity contribution < 1.29 is 0 Å². The zero-order chi connectivity index (χ0) is 11.8. The van der Waals surface area contributed by atoms with E-state index in [9.17, 15) is 4.79 Å². The Morgan fingerprint density at radius 2 is 1.93 bits per heavy atom. The first-order chi connectivity index (χ1) is 7.20. The Labute approximate surface area is 91.6 Å². The molecular formula is C13H19NO. The minimum Gasteiger partial charge on any atom is -0.311 e. The molecule has 0 radical (unpaired) electrons. The van der Waals surface area contributed by atoms with Gasteiger partial charge in [-0.1, -0.05) is 32.6 Å². The molecule has 0 unspecified atom stereocenters. The maximum absolute atomic E-state index is 11.3. The van der Waals surface area contributed by atoms with Crippen LogP contribution in [0.3, 0.4) is 0 Å². The van der Waals surface area contributed by atoms with E-state index in [0.29, 0.717) is 0 Å². The smallest absolute Gasteiger partial charge is 0.250 e. The number of hydrogen-bond donors (Lipinski definition) is 0. The van der Waals surface area contributed by atoms with Crippen molar-refractivity contribution in [2.24, 2.45) is 7.05 Å². The molecule has 1 heterocycles. The summed E-state index contributed by atoms with van der Waals surface area (Å²) in [7, 11) is 1.75. The van der Waals surface area contributed by atoms with Crippen molar-refractivity contribution in [3.05, 3.63) is 46.4 Å². The van der Waals surface area contributed by atoms with Crippen LogP contribution in [0, 0.1) is 0 Å². The largest absolute Gasteiger partial charge is 0.311 e. The van der Waals surface area contributed by atoms with Crippen molar-refractivity contribution >= 4 is 12.2 Å². The summed E-state index contributed by atoms with van der Waals surface area (Å²) in [4.78, 5) is 11.3. The van der Waals surface area contributed by atoms with Gasteiger partial charge in [-0.2, -0.15) is 0 Å². The number of hydrogen-bond acceptors (Lipinski definition) is 1. The molecule has 2 heteroatoms. The lowest BCUT2D eigenvalue weighted by molar-refractivity contribution is 0.845. The highest BCUT2D eigenvalue weighted by Crippen LogP contribution is 2.08. The fourth-order valence-electron chi connectivity index (χ4n) is 1.21. The zero-order valence-electron chi connectivity index (χ0n) is 9.95. The molecular weight excluding hydrogens is 186 g/mol. The number of rotatable bonds is 2. The molecule has 0 saturated carbocycles. The third kappa shape index (κ3) is 3.24. The van der Waals surface area contributed by atoms with E-state index < -0.39 is 0 Å². The van der Waals surface area contributed by atoms with Crippen LogP contribution in [0.25, 0.3) is 12.2 Å². The molecule has 1 aromatic heterocycles. The predicted octanol–water partition coefficient (Wildman–Crippen LogP) is 3.09. The average Bonchev–Trinajstić information content (AvgIpc) is 2.28. The van der Waals surface area contributed by atoms with Gasteiger partial charge in [-0.25, -0.2) is 0 Å². The first-order valence-corrected chi connectivity index (χ1v) is 5.16. The van der Waals surface area contributed by atoms with E-state index in [4.69, 9.17) is 0 Å². The van der Waals surface area contributed by atoms with Gasteiger partial charge in [0.25, 0.3) is 5.56 Å². The van der Waals surface area contributed by atoms with E-state index in [-0.39, 0.29) is 5.56 Å². The Morgan fingerprint density at radius 1 is 1.33 bits per heavy atom. The Bertz CT molecular complexity index is 399. The summed E-state index contributed by atoms with van der Waals surface area (Å²) in [6.45, 7) is 9.62. The molecule has 15 heavy (non-hydrogen) atoms. The summed E-state index contributed by atoms with van der Waals surface area (Å²) < 4.78 is 1.61. The Hall–Kier alpha value is -1.57. The van der Waals surface area contributed by atoms with Gasteiger partial charge in [0, 0.05) is 13.1 Å². The normalized spacial score (nSPS) is 9.60. The van der Waals surface area contributed by atoms with Crippen LogP contribution < -0.4 is 5.56 Å². The van der Waals surface area contributed by atoms with Crippen molar-refractivity contribution in [2.75, 3.05) is 0 Å². The highest BCUT2D eigenvalue weighted by atomic mass is 16.1. The Balaban J connectivity index is 0.000000921. The van der Waals surface area contributed by atoms with E-state index in [2.05, 4.69) is 6.58 Å². The van der Waals surface area contributed by atoms with Gasteiger partial charge in [0.15, 0.2) is 0 Å². The summed E-state index contributed by atoms with van der Waals surface area (Å²) in [5.74, 6) is 0. The number of nitrogens with zero attached hydrogens (tertiary/aromatic N) is 1. The first kappa shape index (κ1) is 13.4. The van der Waals surface area contributed by atoms with E-state index in [1.165, 1.54) is 0 Å². The van der Waals surface area contributed by atoms with E-state index in [1.807, 2.05) is 32.9 Å². The van der Waals surface area contributed by atoms with Crippen LogP contribution >= 0.6 is 0 Å². The van der Waals surface area contributed by atoms with Crippen molar-refractivity contribution in [2.45, 2.75) is 20.8 Å². The second kappa shape index (κ2) is 6.82. The fraction of sp³-hybridized carbons (Fsp3) is 0.308. The highest BCUT2D eigenvalue weighted by Gasteiger charge is 2.00. The van der Waals surface area contributed by atoms with Crippen molar-refractivity contribution in [1.29, 1.82) is 0 Å². The lowest BCUT2D eigenvalue weighted by atomic mass is 10.1. The molecule has 2 nitrogen and oxygen atoms in total. The molecule has 0 aromatic carbocycles. The predicted molar refractivity (Wildman–Crippen MR) is 67.8 cm³/mol. The Morgan fingerprint density at radius 3 is 2.40 bits per heavy atom. The first-order valence-electron chi connectivity index (χ1n) is 5.16. The molecule has 0 fully saturated rings. The average molecular weight is 205 g/mol. The van der Waals surface area contributed by atoms with Crippen LogP contribution in [0.5, 0.6) is 0 Å². The van der Waals surface area contributed by atoms with Crippen LogP contribution in [-0.4, -0.2) is 4.57 Å². The molecule has 0 atom stereocenters. The van der Waals surface area contributed by atoms with Gasteiger partial charge in [-0.15, -0.1) is 0 Å². The van der Waals surface area contributed by atoms with Crippen molar-refractivity contribution in [3.8, 4) is 0 Å². The SMILES string of the molecule is C=Cc1ccc(=O)n(C)c1/C=C\C.CC. The second-order valence-corrected chi connectivity index (χ2v) is 2.78. The molecule has 0 spiro atoms. The zero-order valence-corrected chi connectivity index (χ0v) is 9.95. The molecule has 1 rings (SSSR count). The Kier molecular flexibility index (Phi) is 6.11. The quantitative estimate of drug-likeness (QED) is 0.727. The summed E-state index contributed by atoms with van der Waals surface area (Å²) in [6, 6.07) is 3.33. The molecule has 82 valence electrons. The van der Waals surface area contributed by atoms with E-state index >= 15 is 0 Å². The fourth-order valence-corrected chi connectivity index (χ4v) is 1.21. The van der Waals surface area contributed by atoms with E-state index in [0.717, 1.165) is 11.3 Å². The maximum Gasteiger partial charge on any atom is 0.250 e. The van der Waals surface area contributed by atoms with Gasteiger partial charge >= 0.3 is 0 Å². The van der Waals surface area contributed by atoms with Gasteiger partial charge in [-0.05, 0) is 24.6 Å². The molecule has 0 amide bonds. The topological polar surface area (TPSA) is 22.0 Å². The summed E-state index contributed by atoms with van der Waals surface area (Å²) >= 11 is 0. The van der Waals surface area contributed by atoms with Gasteiger partial charge in [0.1, 0.15) is 0 Å². The third-order valence-corrected chi connectivity index (χ3v) is 1.94. The lowest BCUT2D eigenvalue weighted by Gasteiger charge is -2.06.